The first kappa shape index (κ1) is 27.6. The van der Waals surface area contributed by atoms with Gasteiger partial charge in [-0.15, -0.1) is 0 Å². The number of halogens is 4. The molecule has 0 amide bonds. The summed E-state index contributed by atoms with van der Waals surface area (Å²) < 4.78 is 18.0. The van der Waals surface area contributed by atoms with Crippen LogP contribution in [0.5, 0.6) is 11.5 Å². The van der Waals surface area contributed by atoms with Crippen LogP contribution in [0.3, 0.4) is 0 Å². The van der Waals surface area contributed by atoms with E-state index in [4.69, 9.17) is 42.3 Å². The van der Waals surface area contributed by atoms with Gasteiger partial charge in [-0.3, -0.25) is 0 Å². The molecule has 0 spiro atoms. The molecule has 170 valence electrons. The van der Waals surface area contributed by atoms with Gasteiger partial charge < -0.3 is 19.0 Å². The second-order valence-electron chi connectivity index (χ2n) is 7.67. The topological polar surface area (TPSA) is 49.3 Å². The van der Waals surface area contributed by atoms with Gasteiger partial charge in [-0.25, -0.2) is 0 Å². The van der Waals surface area contributed by atoms with Crippen LogP contribution >= 0.6 is 55.1 Å². The molecule has 0 bridgehead atoms. The van der Waals surface area contributed by atoms with Gasteiger partial charge in [-0.1, -0.05) is 28.4 Å². The molecule has 1 aromatic rings. The van der Waals surface area contributed by atoms with Crippen molar-refractivity contribution in [1.82, 2.24) is 0 Å². The maximum absolute atomic E-state index is 6.33. The summed E-state index contributed by atoms with van der Waals surface area (Å²) >= 11 is 19.2. The minimum atomic E-state index is -0.303. The third kappa shape index (κ3) is 12.4. The Bertz CT molecular complexity index is 709. The average Bonchev–Trinajstić information content (AvgIpc) is 2.62. The lowest BCUT2D eigenvalue weighted by atomic mass is 10.2. The summed E-state index contributed by atoms with van der Waals surface area (Å²) in [5, 5.41) is 4.88. The Morgan fingerprint density at radius 1 is 1.20 bits per heavy atom. The molecule has 0 aliphatic carbocycles. The molecule has 5 nitrogen and oxygen atoms in total. The van der Waals surface area contributed by atoms with E-state index in [1.807, 2.05) is 40.7 Å². The highest BCUT2D eigenvalue weighted by Crippen LogP contribution is 2.38. The minimum Gasteiger partial charge on any atom is -0.489 e. The summed E-state index contributed by atoms with van der Waals surface area (Å²) in [6.45, 7) is 11.1. The van der Waals surface area contributed by atoms with Crippen LogP contribution in [0, 0.1) is 0 Å². The van der Waals surface area contributed by atoms with E-state index < -0.39 is 0 Å². The van der Waals surface area contributed by atoms with E-state index in [-0.39, 0.29) is 11.7 Å². The average molecular weight is 590 g/mol. The standard InChI is InChI=1S/C21H29Br2Cl2NO4/c1-14(26-30-21(3,4)5)13-27-9-6-7-15(2)29-20-17(24)11-16(12-18(20)25)28-10-8-19(22)23/h8,11-12,15H,6-7,9-10,13H2,1-5H3. The van der Waals surface area contributed by atoms with Gasteiger partial charge in [0, 0.05) is 18.7 Å². The van der Waals surface area contributed by atoms with Crippen LogP contribution in [-0.4, -0.2) is 37.2 Å². The third-order valence-corrected chi connectivity index (χ3v) is 4.67. The van der Waals surface area contributed by atoms with Crippen molar-refractivity contribution in [2.45, 2.75) is 59.2 Å². The lowest BCUT2D eigenvalue weighted by Gasteiger charge is -2.18. The monoisotopic (exact) mass is 587 g/mol. The first-order valence-electron chi connectivity index (χ1n) is 9.57. The Balaban J connectivity index is 2.41. The minimum absolute atomic E-state index is 0.0679. The Morgan fingerprint density at radius 2 is 1.83 bits per heavy atom. The second kappa shape index (κ2) is 13.8. The highest BCUT2D eigenvalue weighted by atomic mass is 79.9. The normalized spacial score (nSPS) is 13.0. The van der Waals surface area contributed by atoms with Crippen molar-refractivity contribution in [2.75, 3.05) is 19.8 Å². The molecule has 0 aliphatic rings. The van der Waals surface area contributed by atoms with Gasteiger partial charge in [-0.2, -0.15) is 0 Å². The predicted molar refractivity (Wildman–Crippen MR) is 132 cm³/mol. The molecule has 9 heteroatoms. The number of hydrogen-bond donors (Lipinski definition) is 0. The van der Waals surface area contributed by atoms with Crippen LogP contribution in [0.15, 0.2) is 26.8 Å². The molecule has 0 radical (unpaired) electrons. The fraction of sp³-hybridized carbons (Fsp3) is 0.571. The van der Waals surface area contributed by atoms with E-state index in [0.29, 0.717) is 41.4 Å². The van der Waals surface area contributed by atoms with Crippen molar-refractivity contribution in [1.29, 1.82) is 0 Å². The van der Waals surface area contributed by atoms with E-state index in [1.165, 1.54) is 0 Å². The van der Waals surface area contributed by atoms with Gasteiger partial charge in [0.15, 0.2) is 5.75 Å². The predicted octanol–water partition coefficient (Wildman–Crippen LogP) is 7.76. The van der Waals surface area contributed by atoms with Crippen LogP contribution in [-0.2, 0) is 9.57 Å². The molecule has 0 saturated carbocycles. The molecule has 0 fully saturated rings. The van der Waals surface area contributed by atoms with Crippen molar-refractivity contribution in [3.8, 4) is 11.5 Å². The van der Waals surface area contributed by atoms with E-state index in [0.717, 1.165) is 21.9 Å². The SMILES string of the molecule is CC(COCCCC(C)Oc1c(Cl)cc(OCC=C(Br)Br)cc1Cl)=NOC(C)(C)C. The summed E-state index contributed by atoms with van der Waals surface area (Å²) in [5.74, 6) is 1.03. The summed E-state index contributed by atoms with van der Waals surface area (Å²) in [6.07, 6.45) is 3.38. The summed E-state index contributed by atoms with van der Waals surface area (Å²) in [5.41, 5.74) is 0.497. The molecule has 0 aliphatic heterocycles. The zero-order valence-corrected chi connectivity index (χ0v) is 22.6. The first-order chi connectivity index (χ1) is 14.0. The van der Waals surface area contributed by atoms with Gasteiger partial charge in [0.25, 0.3) is 0 Å². The lowest BCUT2D eigenvalue weighted by molar-refractivity contribution is -0.000686. The molecule has 1 aromatic carbocycles. The van der Waals surface area contributed by atoms with E-state index in [2.05, 4.69) is 37.0 Å². The molecule has 0 saturated heterocycles. The number of benzene rings is 1. The molecule has 0 heterocycles. The van der Waals surface area contributed by atoms with Crippen molar-refractivity contribution >= 4 is 60.8 Å². The molecule has 1 unspecified atom stereocenters. The van der Waals surface area contributed by atoms with Crippen LogP contribution in [0.1, 0.15) is 47.5 Å². The number of oxime groups is 1. The van der Waals surface area contributed by atoms with Crippen LogP contribution in [0.2, 0.25) is 10.0 Å². The van der Waals surface area contributed by atoms with Gasteiger partial charge in [-0.05, 0) is 85.4 Å². The van der Waals surface area contributed by atoms with Gasteiger partial charge in [0.05, 0.1) is 31.9 Å². The summed E-state index contributed by atoms with van der Waals surface area (Å²) in [4.78, 5) is 5.36. The quantitative estimate of drug-likeness (QED) is 0.142. The molecule has 0 N–H and O–H groups in total. The molecular formula is C21H29Br2Cl2NO4. The zero-order valence-electron chi connectivity index (χ0n) is 17.9. The van der Waals surface area contributed by atoms with E-state index in [9.17, 15) is 0 Å². The van der Waals surface area contributed by atoms with Crippen molar-refractivity contribution in [2.24, 2.45) is 5.16 Å². The van der Waals surface area contributed by atoms with Gasteiger partial charge in [0.1, 0.15) is 18.0 Å². The maximum Gasteiger partial charge on any atom is 0.157 e. The number of nitrogens with zero attached hydrogens (tertiary/aromatic N) is 1. The highest BCUT2D eigenvalue weighted by Gasteiger charge is 2.14. The number of rotatable bonds is 12. The summed E-state index contributed by atoms with van der Waals surface area (Å²) in [6, 6.07) is 3.38. The Kier molecular flexibility index (Phi) is 12.7. The second-order valence-corrected chi connectivity index (χ2v) is 11.3. The zero-order chi connectivity index (χ0) is 22.7. The number of hydrogen-bond acceptors (Lipinski definition) is 5. The molecular weight excluding hydrogens is 561 g/mol. The van der Waals surface area contributed by atoms with E-state index in [1.54, 1.807) is 12.1 Å². The van der Waals surface area contributed by atoms with Gasteiger partial charge in [0.2, 0.25) is 0 Å². The molecule has 1 rings (SSSR count). The maximum atomic E-state index is 6.33. The first-order valence-corrected chi connectivity index (χ1v) is 11.9. The highest BCUT2D eigenvalue weighted by molar-refractivity contribution is 9.28. The fourth-order valence-electron chi connectivity index (χ4n) is 2.13. The Hall–Kier alpha value is -0.470. The smallest absolute Gasteiger partial charge is 0.157 e. The van der Waals surface area contributed by atoms with Crippen molar-refractivity contribution in [3.05, 3.63) is 31.6 Å². The molecule has 0 aromatic heterocycles. The van der Waals surface area contributed by atoms with Gasteiger partial charge >= 0.3 is 0 Å². The van der Waals surface area contributed by atoms with E-state index >= 15 is 0 Å². The van der Waals surface area contributed by atoms with Crippen LogP contribution in [0.25, 0.3) is 0 Å². The fourth-order valence-corrected chi connectivity index (χ4v) is 2.95. The van der Waals surface area contributed by atoms with Crippen molar-refractivity contribution in [3.63, 3.8) is 0 Å². The Labute approximate surface area is 206 Å². The largest absolute Gasteiger partial charge is 0.489 e. The molecule has 30 heavy (non-hydrogen) atoms. The van der Waals surface area contributed by atoms with Crippen molar-refractivity contribution < 1.29 is 19.0 Å². The lowest BCUT2D eigenvalue weighted by Crippen LogP contribution is -2.18. The summed E-state index contributed by atoms with van der Waals surface area (Å²) in [7, 11) is 0. The Morgan fingerprint density at radius 3 is 2.40 bits per heavy atom. The third-order valence-electron chi connectivity index (χ3n) is 3.46. The number of ether oxygens (including phenoxy) is 3. The van der Waals surface area contributed by atoms with Crippen LogP contribution in [0.4, 0.5) is 0 Å². The van der Waals surface area contributed by atoms with Crippen LogP contribution < -0.4 is 9.47 Å². The molecule has 1 atom stereocenters.